The van der Waals surface area contributed by atoms with E-state index < -0.39 is 0 Å². The lowest BCUT2D eigenvalue weighted by Gasteiger charge is -2.23. The summed E-state index contributed by atoms with van der Waals surface area (Å²) >= 11 is 1.62. The minimum Gasteiger partial charge on any atom is -0.379 e. The first-order chi connectivity index (χ1) is 10.4. The van der Waals surface area contributed by atoms with Gasteiger partial charge in [-0.15, -0.1) is 11.3 Å². The first kappa shape index (κ1) is 14.2. The lowest BCUT2D eigenvalue weighted by Crippen LogP contribution is -2.30. The van der Waals surface area contributed by atoms with Crippen LogP contribution >= 0.6 is 11.3 Å². The van der Waals surface area contributed by atoms with Gasteiger partial charge in [0.05, 0.1) is 23.9 Å². The molecule has 3 rings (SSSR count). The van der Waals surface area contributed by atoms with Gasteiger partial charge in [0.2, 0.25) is 0 Å². The number of hydrogen-bond donors (Lipinski definition) is 2. The zero-order valence-electron chi connectivity index (χ0n) is 11.8. The van der Waals surface area contributed by atoms with Crippen molar-refractivity contribution >= 4 is 23.0 Å². The van der Waals surface area contributed by atoms with Gasteiger partial charge in [0.25, 0.3) is 0 Å². The van der Waals surface area contributed by atoms with Gasteiger partial charge in [0.15, 0.2) is 0 Å². The maximum Gasteiger partial charge on any atom is 0.131 e. The van der Waals surface area contributed by atoms with Gasteiger partial charge in [0, 0.05) is 31.0 Å². The molecule has 2 N–H and O–H groups in total. The number of nitrogens with one attached hydrogen (secondary N) is 2. The Hall–Kier alpha value is -1.73. The molecule has 3 heterocycles. The molecular formula is C14H19N5OS. The van der Waals surface area contributed by atoms with Gasteiger partial charge in [0.1, 0.15) is 18.0 Å². The van der Waals surface area contributed by atoms with Crippen molar-refractivity contribution < 1.29 is 4.74 Å². The van der Waals surface area contributed by atoms with Crippen LogP contribution in [0.15, 0.2) is 23.3 Å². The zero-order chi connectivity index (χ0) is 14.3. The molecule has 1 saturated heterocycles. The Kier molecular flexibility index (Phi) is 4.96. The summed E-state index contributed by atoms with van der Waals surface area (Å²) in [5, 5.41) is 8.77. The van der Waals surface area contributed by atoms with E-state index in [0.29, 0.717) is 6.04 Å². The molecule has 0 saturated carbocycles. The molecule has 0 aliphatic carbocycles. The molecule has 1 fully saturated rings. The average Bonchev–Trinajstić information content (AvgIpc) is 3.02. The van der Waals surface area contributed by atoms with Crippen LogP contribution in [-0.4, -0.2) is 40.8 Å². The highest BCUT2D eigenvalue weighted by Gasteiger charge is 2.14. The van der Waals surface area contributed by atoms with Crippen LogP contribution in [0, 0.1) is 0 Å². The molecule has 0 radical (unpaired) electrons. The second kappa shape index (κ2) is 7.33. The number of ether oxygens (including phenoxy) is 1. The number of rotatable bonds is 6. The Morgan fingerprint density at radius 2 is 2.24 bits per heavy atom. The topological polar surface area (TPSA) is 72.0 Å². The summed E-state index contributed by atoms with van der Waals surface area (Å²) in [6, 6.07) is 2.28. The van der Waals surface area contributed by atoms with Crippen LogP contribution in [0.25, 0.3) is 0 Å². The monoisotopic (exact) mass is 305 g/mol. The largest absolute Gasteiger partial charge is 0.379 e. The van der Waals surface area contributed by atoms with Crippen LogP contribution in [0.2, 0.25) is 0 Å². The fraction of sp³-hybridized carbons (Fsp3) is 0.500. The lowest BCUT2D eigenvalue weighted by atomic mass is 10.1. The predicted molar refractivity (Wildman–Crippen MR) is 83.8 cm³/mol. The van der Waals surface area contributed by atoms with E-state index in [9.17, 15) is 0 Å². The Balaban J connectivity index is 1.50. The third-order valence-electron chi connectivity index (χ3n) is 3.35. The molecule has 1 aliphatic rings. The first-order valence-corrected chi connectivity index (χ1v) is 8.12. The van der Waals surface area contributed by atoms with Crippen LogP contribution < -0.4 is 10.6 Å². The molecule has 2 aromatic rings. The van der Waals surface area contributed by atoms with Gasteiger partial charge >= 0.3 is 0 Å². The van der Waals surface area contributed by atoms with Crippen LogP contribution in [-0.2, 0) is 11.2 Å². The maximum absolute atomic E-state index is 5.46. The van der Waals surface area contributed by atoms with Crippen LogP contribution in [0.1, 0.15) is 18.5 Å². The molecule has 0 aromatic carbocycles. The lowest BCUT2D eigenvalue weighted by molar-refractivity contribution is 0.0875. The summed E-state index contributed by atoms with van der Waals surface area (Å²) in [5.74, 6) is 1.68. The fourth-order valence-electron chi connectivity index (χ4n) is 2.28. The number of anilines is 2. The summed E-state index contributed by atoms with van der Waals surface area (Å²) in [5.41, 5.74) is 2.97. The van der Waals surface area contributed by atoms with Crippen molar-refractivity contribution in [3.63, 3.8) is 0 Å². The molecular weight excluding hydrogens is 286 g/mol. The smallest absolute Gasteiger partial charge is 0.131 e. The molecule has 1 atom stereocenters. The van der Waals surface area contributed by atoms with Gasteiger partial charge < -0.3 is 15.4 Å². The van der Waals surface area contributed by atoms with Gasteiger partial charge in [-0.3, -0.25) is 0 Å². The van der Waals surface area contributed by atoms with E-state index in [2.05, 4.69) is 31.0 Å². The third-order valence-corrected chi connectivity index (χ3v) is 3.99. The molecule has 2 aromatic heterocycles. The summed E-state index contributed by atoms with van der Waals surface area (Å²) in [6.07, 6.45) is 4.70. The molecule has 112 valence electrons. The van der Waals surface area contributed by atoms with E-state index >= 15 is 0 Å². The van der Waals surface area contributed by atoms with Crippen molar-refractivity contribution in [3.05, 3.63) is 29.0 Å². The minimum absolute atomic E-state index is 0.344. The van der Waals surface area contributed by atoms with Crippen molar-refractivity contribution in [1.82, 2.24) is 15.0 Å². The standard InChI is InChI=1S/C14H19N5OS/c1-2-11(7-20-5-1)19-14-6-13(16-9-17-14)15-4-3-12-8-21-10-18-12/h6,8-11H,1-5,7H2,(H2,15,16,17,19)/t11-/m1/s1. The highest BCUT2D eigenvalue weighted by Crippen LogP contribution is 2.14. The maximum atomic E-state index is 5.46. The van der Waals surface area contributed by atoms with Crippen LogP contribution in [0.5, 0.6) is 0 Å². The molecule has 0 bridgehead atoms. The van der Waals surface area contributed by atoms with Crippen molar-refractivity contribution in [2.75, 3.05) is 30.4 Å². The number of nitrogens with zero attached hydrogens (tertiary/aromatic N) is 3. The molecule has 1 aliphatic heterocycles. The molecule has 21 heavy (non-hydrogen) atoms. The highest BCUT2D eigenvalue weighted by atomic mass is 32.1. The molecule has 0 unspecified atom stereocenters. The molecule has 0 spiro atoms. The van der Waals surface area contributed by atoms with Gasteiger partial charge in [-0.05, 0) is 12.8 Å². The first-order valence-electron chi connectivity index (χ1n) is 7.17. The second-order valence-corrected chi connectivity index (χ2v) is 5.72. The van der Waals surface area contributed by atoms with E-state index in [0.717, 1.165) is 56.4 Å². The average molecular weight is 305 g/mol. The van der Waals surface area contributed by atoms with E-state index in [1.807, 2.05) is 11.6 Å². The number of hydrogen-bond acceptors (Lipinski definition) is 7. The predicted octanol–water partition coefficient (Wildman–Crippen LogP) is 2.18. The second-order valence-electron chi connectivity index (χ2n) is 5.00. The molecule has 0 amide bonds. The summed E-state index contributed by atoms with van der Waals surface area (Å²) < 4.78 is 5.46. The summed E-state index contributed by atoms with van der Waals surface area (Å²) in [4.78, 5) is 12.8. The van der Waals surface area contributed by atoms with E-state index in [1.165, 1.54) is 0 Å². The number of thiazole rings is 1. The summed E-state index contributed by atoms with van der Waals surface area (Å²) in [6.45, 7) is 2.43. The molecule has 6 nitrogen and oxygen atoms in total. The van der Waals surface area contributed by atoms with E-state index in [-0.39, 0.29) is 0 Å². The minimum atomic E-state index is 0.344. The Morgan fingerprint density at radius 3 is 3.05 bits per heavy atom. The highest BCUT2D eigenvalue weighted by molar-refractivity contribution is 7.07. The Labute approximate surface area is 128 Å². The van der Waals surface area contributed by atoms with E-state index in [1.54, 1.807) is 17.7 Å². The van der Waals surface area contributed by atoms with Crippen molar-refractivity contribution in [1.29, 1.82) is 0 Å². The van der Waals surface area contributed by atoms with Gasteiger partial charge in [-0.25, -0.2) is 15.0 Å². The number of aromatic nitrogens is 3. The SMILES string of the molecule is c1nc(NCCc2cscn2)cc(N[C@@H]2CCCOC2)n1. The Bertz CT molecular complexity index is 542. The van der Waals surface area contributed by atoms with Crippen LogP contribution in [0.4, 0.5) is 11.6 Å². The zero-order valence-corrected chi connectivity index (χ0v) is 12.6. The van der Waals surface area contributed by atoms with Crippen molar-refractivity contribution in [2.45, 2.75) is 25.3 Å². The normalized spacial score (nSPS) is 18.4. The fourth-order valence-corrected chi connectivity index (χ4v) is 2.87. The third kappa shape index (κ3) is 4.37. The summed E-state index contributed by atoms with van der Waals surface area (Å²) in [7, 11) is 0. The van der Waals surface area contributed by atoms with E-state index in [4.69, 9.17) is 4.74 Å². The van der Waals surface area contributed by atoms with Crippen molar-refractivity contribution in [2.24, 2.45) is 0 Å². The Morgan fingerprint density at radius 1 is 1.29 bits per heavy atom. The molecule has 7 heteroatoms. The van der Waals surface area contributed by atoms with Crippen molar-refractivity contribution in [3.8, 4) is 0 Å². The quantitative estimate of drug-likeness (QED) is 0.852. The van der Waals surface area contributed by atoms with Gasteiger partial charge in [-0.1, -0.05) is 0 Å². The van der Waals surface area contributed by atoms with Gasteiger partial charge in [-0.2, -0.15) is 0 Å². The van der Waals surface area contributed by atoms with Crippen LogP contribution in [0.3, 0.4) is 0 Å².